The quantitative estimate of drug-likeness (QED) is 0.938. The Kier molecular flexibility index (Phi) is 3.36. The Morgan fingerprint density at radius 2 is 1.89 bits per heavy atom. The molecule has 0 radical (unpaired) electrons. The molecule has 0 fully saturated rings. The fourth-order valence-electron chi connectivity index (χ4n) is 1.39. The molecule has 18 heavy (non-hydrogen) atoms. The third kappa shape index (κ3) is 2.68. The molecule has 7 heteroatoms. The van der Waals surface area contributed by atoms with Crippen LogP contribution in [0.25, 0.3) is 0 Å². The van der Waals surface area contributed by atoms with Crippen molar-refractivity contribution in [3.05, 3.63) is 35.2 Å². The topological polar surface area (TPSA) is 72.0 Å². The molecular weight excluding hydrogens is 270 g/mol. The molecule has 0 unspecified atom stereocenters. The van der Waals surface area contributed by atoms with Crippen LogP contribution in [0, 0.1) is 20.8 Å². The molecule has 0 aliphatic rings. The molecule has 2 aromatic rings. The molecule has 1 N–H and O–H groups in total. The van der Waals surface area contributed by atoms with Gasteiger partial charge in [0.05, 0.1) is 4.90 Å². The zero-order valence-electron chi connectivity index (χ0n) is 10.3. The van der Waals surface area contributed by atoms with Crippen LogP contribution >= 0.6 is 11.5 Å². The molecule has 0 amide bonds. The fourth-order valence-corrected chi connectivity index (χ4v) is 3.28. The second-order valence-corrected chi connectivity index (χ2v) is 6.43. The third-order valence-corrected chi connectivity index (χ3v) is 4.73. The monoisotopic (exact) mass is 283 g/mol. The van der Waals surface area contributed by atoms with Crippen molar-refractivity contribution in [2.24, 2.45) is 0 Å². The maximum atomic E-state index is 12.1. The Hall–Kier alpha value is -1.47. The van der Waals surface area contributed by atoms with Gasteiger partial charge in [-0.3, -0.25) is 4.72 Å². The number of nitrogens with zero attached hydrogens (tertiary/aromatic N) is 2. The first-order chi connectivity index (χ1) is 8.38. The molecule has 1 aromatic carbocycles. The van der Waals surface area contributed by atoms with Crippen molar-refractivity contribution in [2.75, 3.05) is 4.72 Å². The highest BCUT2D eigenvalue weighted by Gasteiger charge is 2.16. The first-order valence-corrected chi connectivity index (χ1v) is 7.54. The first kappa shape index (κ1) is 13.0. The number of sulfonamides is 1. The van der Waals surface area contributed by atoms with E-state index in [1.54, 1.807) is 25.1 Å². The molecule has 1 heterocycles. The lowest BCUT2D eigenvalue weighted by Gasteiger charge is -2.07. The molecule has 0 atom stereocenters. The molecule has 0 saturated carbocycles. The minimum Gasteiger partial charge on any atom is -0.253 e. The minimum absolute atomic E-state index is 0.235. The van der Waals surface area contributed by atoms with E-state index in [0.29, 0.717) is 5.82 Å². The van der Waals surface area contributed by atoms with E-state index in [2.05, 4.69) is 14.1 Å². The van der Waals surface area contributed by atoms with E-state index in [9.17, 15) is 8.42 Å². The van der Waals surface area contributed by atoms with Crippen molar-refractivity contribution in [1.29, 1.82) is 0 Å². The number of aryl methyl sites for hydroxylation is 3. The SMILES string of the molecule is Cc1nsc(NS(=O)(=O)c2ccc(C)c(C)c2)n1. The second-order valence-electron chi connectivity index (χ2n) is 4.00. The van der Waals surface area contributed by atoms with Gasteiger partial charge in [0.15, 0.2) is 0 Å². The molecular formula is C11H13N3O2S2. The van der Waals surface area contributed by atoms with Crippen molar-refractivity contribution in [2.45, 2.75) is 25.7 Å². The molecule has 2 rings (SSSR count). The van der Waals surface area contributed by atoms with Gasteiger partial charge in [-0.15, -0.1) is 0 Å². The van der Waals surface area contributed by atoms with Gasteiger partial charge in [0.1, 0.15) is 5.82 Å². The summed E-state index contributed by atoms with van der Waals surface area (Å²) in [6.07, 6.45) is 0. The summed E-state index contributed by atoms with van der Waals surface area (Å²) in [5.74, 6) is 0.554. The standard InChI is InChI=1S/C11H13N3O2S2/c1-7-4-5-10(6-8(7)2)18(15,16)14-11-12-9(3)13-17-11/h4-6H,1-3H3,(H,12,13,14). The van der Waals surface area contributed by atoms with Gasteiger partial charge < -0.3 is 0 Å². The maximum absolute atomic E-state index is 12.1. The lowest BCUT2D eigenvalue weighted by atomic mass is 10.1. The summed E-state index contributed by atoms with van der Waals surface area (Å²) >= 11 is 1.03. The van der Waals surface area contributed by atoms with Crippen molar-refractivity contribution in [1.82, 2.24) is 9.36 Å². The number of nitrogens with one attached hydrogen (secondary N) is 1. The van der Waals surface area contributed by atoms with Crippen LogP contribution in [-0.4, -0.2) is 17.8 Å². The van der Waals surface area contributed by atoms with Crippen molar-refractivity contribution < 1.29 is 8.42 Å². The molecule has 0 spiro atoms. The van der Waals surface area contributed by atoms with Crippen LogP contribution in [0.4, 0.5) is 5.13 Å². The lowest BCUT2D eigenvalue weighted by Crippen LogP contribution is -2.13. The molecule has 1 aromatic heterocycles. The molecule has 0 aliphatic heterocycles. The Bertz CT molecular complexity index is 677. The Labute approximate surface area is 110 Å². The van der Waals surface area contributed by atoms with Gasteiger partial charge in [0.2, 0.25) is 5.13 Å². The van der Waals surface area contributed by atoms with Crippen molar-refractivity contribution in [3.8, 4) is 0 Å². The fraction of sp³-hybridized carbons (Fsp3) is 0.273. The van der Waals surface area contributed by atoms with Crippen LogP contribution in [-0.2, 0) is 10.0 Å². The van der Waals surface area contributed by atoms with Crippen LogP contribution in [0.15, 0.2) is 23.1 Å². The smallest absolute Gasteiger partial charge is 0.253 e. The average Bonchev–Trinajstić information content (AvgIpc) is 2.67. The number of anilines is 1. The highest BCUT2D eigenvalue weighted by atomic mass is 32.2. The van der Waals surface area contributed by atoms with Gasteiger partial charge in [-0.1, -0.05) is 6.07 Å². The van der Waals surface area contributed by atoms with Crippen LogP contribution in [0.1, 0.15) is 17.0 Å². The predicted octanol–water partition coefficient (Wildman–Crippen LogP) is 2.26. The van der Waals surface area contributed by atoms with Gasteiger partial charge in [0, 0.05) is 11.5 Å². The first-order valence-electron chi connectivity index (χ1n) is 5.29. The van der Waals surface area contributed by atoms with E-state index in [0.717, 1.165) is 22.7 Å². The number of benzene rings is 1. The number of hydrogen-bond acceptors (Lipinski definition) is 5. The van der Waals surface area contributed by atoms with Crippen molar-refractivity contribution in [3.63, 3.8) is 0 Å². The van der Waals surface area contributed by atoms with Crippen molar-refractivity contribution >= 4 is 26.7 Å². The average molecular weight is 283 g/mol. The second kappa shape index (κ2) is 4.66. The summed E-state index contributed by atoms with van der Waals surface area (Å²) in [6, 6.07) is 5.01. The highest BCUT2D eigenvalue weighted by Crippen LogP contribution is 2.19. The van der Waals surface area contributed by atoms with E-state index in [1.807, 2.05) is 13.8 Å². The lowest BCUT2D eigenvalue weighted by molar-refractivity contribution is 0.601. The molecule has 5 nitrogen and oxygen atoms in total. The zero-order valence-corrected chi connectivity index (χ0v) is 11.9. The van der Waals surface area contributed by atoms with E-state index in [4.69, 9.17) is 0 Å². The summed E-state index contributed by atoms with van der Waals surface area (Å²) in [6.45, 7) is 5.53. The number of hydrogen-bond donors (Lipinski definition) is 1. The van der Waals surface area contributed by atoms with E-state index in [-0.39, 0.29) is 10.0 Å². The van der Waals surface area contributed by atoms with E-state index in [1.165, 1.54) is 0 Å². The van der Waals surface area contributed by atoms with Crippen LogP contribution in [0.2, 0.25) is 0 Å². The zero-order chi connectivity index (χ0) is 13.3. The third-order valence-electron chi connectivity index (χ3n) is 2.54. The summed E-state index contributed by atoms with van der Waals surface area (Å²) < 4.78 is 30.6. The summed E-state index contributed by atoms with van der Waals surface area (Å²) in [7, 11) is -3.58. The number of rotatable bonds is 3. The van der Waals surface area contributed by atoms with Crippen LogP contribution in [0.5, 0.6) is 0 Å². The Morgan fingerprint density at radius 1 is 1.17 bits per heavy atom. The van der Waals surface area contributed by atoms with Gasteiger partial charge in [-0.2, -0.15) is 4.37 Å². The summed E-state index contributed by atoms with van der Waals surface area (Å²) in [4.78, 5) is 4.21. The van der Waals surface area contributed by atoms with E-state index >= 15 is 0 Å². The largest absolute Gasteiger partial charge is 0.263 e. The van der Waals surface area contributed by atoms with Gasteiger partial charge in [0.25, 0.3) is 10.0 Å². The summed E-state index contributed by atoms with van der Waals surface area (Å²) in [5.41, 5.74) is 1.99. The number of aromatic nitrogens is 2. The molecule has 0 bridgehead atoms. The van der Waals surface area contributed by atoms with Gasteiger partial charge >= 0.3 is 0 Å². The molecule has 0 aliphatic carbocycles. The normalized spacial score (nSPS) is 11.5. The molecule has 96 valence electrons. The highest BCUT2D eigenvalue weighted by molar-refractivity contribution is 7.93. The van der Waals surface area contributed by atoms with Crippen LogP contribution in [0.3, 0.4) is 0 Å². The maximum Gasteiger partial charge on any atom is 0.263 e. The van der Waals surface area contributed by atoms with Gasteiger partial charge in [-0.05, 0) is 44.0 Å². The van der Waals surface area contributed by atoms with E-state index < -0.39 is 10.0 Å². The predicted molar refractivity (Wildman–Crippen MR) is 71.4 cm³/mol. The Morgan fingerprint density at radius 3 is 2.44 bits per heavy atom. The van der Waals surface area contributed by atoms with Gasteiger partial charge in [-0.25, -0.2) is 13.4 Å². The van der Waals surface area contributed by atoms with Crippen LogP contribution < -0.4 is 4.72 Å². The Balaban J connectivity index is 2.33. The summed E-state index contributed by atoms with van der Waals surface area (Å²) in [5, 5.41) is 0.283. The minimum atomic E-state index is -3.58. The molecule has 0 saturated heterocycles.